The Morgan fingerprint density at radius 2 is 1.60 bits per heavy atom. The fourth-order valence-corrected chi connectivity index (χ4v) is 2.51. The van der Waals surface area contributed by atoms with Gasteiger partial charge in [0.2, 0.25) is 5.75 Å². The van der Waals surface area contributed by atoms with Crippen molar-refractivity contribution in [1.82, 2.24) is 0 Å². The van der Waals surface area contributed by atoms with Crippen molar-refractivity contribution in [3.05, 3.63) is 53.6 Å². The van der Waals surface area contributed by atoms with Crippen molar-refractivity contribution in [2.45, 2.75) is 19.1 Å². The zero-order valence-corrected chi connectivity index (χ0v) is 14.5. The van der Waals surface area contributed by atoms with Crippen LogP contribution in [0.25, 0.3) is 0 Å². The summed E-state index contributed by atoms with van der Waals surface area (Å²) in [4.78, 5) is 11.1. The Labute approximate surface area is 146 Å². The molecule has 134 valence electrons. The van der Waals surface area contributed by atoms with Gasteiger partial charge >= 0.3 is 5.97 Å². The molecule has 0 aromatic heterocycles. The van der Waals surface area contributed by atoms with Gasteiger partial charge in [0, 0.05) is 0 Å². The summed E-state index contributed by atoms with van der Waals surface area (Å²) in [6, 6.07) is 12.8. The molecule has 0 aliphatic heterocycles. The molecule has 0 heterocycles. The summed E-state index contributed by atoms with van der Waals surface area (Å²) in [5.74, 6) is 0.627. The molecule has 0 aliphatic rings. The Kier molecular flexibility index (Phi) is 6.65. The van der Waals surface area contributed by atoms with Gasteiger partial charge in [0.15, 0.2) is 11.5 Å². The molecule has 0 aliphatic carbocycles. The number of rotatable bonds is 9. The van der Waals surface area contributed by atoms with Crippen LogP contribution < -0.4 is 14.2 Å². The average molecular weight is 346 g/mol. The highest BCUT2D eigenvalue weighted by molar-refractivity contribution is 5.67. The van der Waals surface area contributed by atoms with Crippen molar-refractivity contribution in [2.24, 2.45) is 0 Å². The highest BCUT2D eigenvalue weighted by atomic mass is 16.5. The highest BCUT2D eigenvalue weighted by Crippen LogP contribution is 2.38. The van der Waals surface area contributed by atoms with Crippen molar-refractivity contribution < 1.29 is 28.8 Å². The minimum Gasteiger partial charge on any atom is -0.493 e. The van der Waals surface area contributed by atoms with Crippen LogP contribution in [0.1, 0.15) is 23.7 Å². The van der Waals surface area contributed by atoms with Crippen LogP contribution in [0, 0.1) is 0 Å². The average Bonchev–Trinajstić information content (AvgIpc) is 2.64. The number of ether oxygens (including phenoxy) is 4. The Morgan fingerprint density at radius 1 is 1.00 bits per heavy atom. The van der Waals surface area contributed by atoms with Crippen LogP contribution in [-0.2, 0) is 16.1 Å². The topological polar surface area (TPSA) is 74.2 Å². The van der Waals surface area contributed by atoms with Crippen LogP contribution >= 0.6 is 0 Å². The number of hydrogen-bond acceptors (Lipinski definition) is 5. The summed E-state index contributed by atoms with van der Waals surface area (Å²) in [6.07, 6.45) is -0.660. The van der Waals surface area contributed by atoms with E-state index in [-0.39, 0.29) is 13.0 Å². The molecule has 0 bridgehead atoms. The first-order valence-electron chi connectivity index (χ1n) is 7.76. The molecule has 2 aromatic carbocycles. The van der Waals surface area contributed by atoms with Gasteiger partial charge < -0.3 is 24.1 Å². The predicted octanol–water partition coefficient (Wildman–Crippen LogP) is 3.45. The predicted molar refractivity (Wildman–Crippen MR) is 92.3 cm³/mol. The Bertz CT molecular complexity index is 673. The number of carboxylic acid groups (broad SMARTS) is 1. The molecule has 6 heteroatoms. The first-order chi connectivity index (χ1) is 12.1. The fourth-order valence-electron chi connectivity index (χ4n) is 2.51. The Hall–Kier alpha value is -2.73. The number of carbonyl (C=O) groups is 1. The largest absolute Gasteiger partial charge is 0.493 e. The normalized spacial score (nSPS) is 11.6. The maximum absolute atomic E-state index is 11.1. The fraction of sp³-hybridized carbons (Fsp3) is 0.316. The Morgan fingerprint density at radius 3 is 2.08 bits per heavy atom. The second-order valence-corrected chi connectivity index (χ2v) is 5.34. The first-order valence-corrected chi connectivity index (χ1v) is 7.76. The second kappa shape index (κ2) is 8.94. The molecule has 0 amide bonds. The van der Waals surface area contributed by atoms with E-state index >= 15 is 0 Å². The number of aliphatic carboxylic acids is 1. The lowest BCUT2D eigenvalue weighted by Gasteiger charge is -2.18. The molecule has 0 fully saturated rings. The minimum absolute atomic E-state index is 0.117. The first kappa shape index (κ1) is 18.6. The zero-order chi connectivity index (χ0) is 18.2. The van der Waals surface area contributed by atoms with E-state index < -0.39 is 12.1 Å². The van der Waals surface area contributed by atoms with E-state index in [9.17, 15) is 4.79 Å². The standard InChI is InChI=1S/C19H22O6/c1-22-16-9-13(10-17(23-2)19(16)24-3)12-25-15(11-18(20)21)14-7-5-4-6-8-14/h4-10,15H,11-12H2,1-3H3,(H,20,21). The third-order valence-corrected chi connectivity index (χ3v) is 3.71. The molecule has 0 radical (unpaired) electrons. The third-order valence-electron chi connectivity index (χ3n) is 3.71. The van der Waals surface area contributed by atoms with Crippen molar-refractivity contribution in [3.63, 3.8) is 0 Å². The van der Waals surface area contributed by atoms with Gasteiger partial charge in [0.1, 0.15) is 0 Å². The molecule has 0 saturated heterocycles. The van der Waals surface area contributed by atoms with E-state index in [0.29, 0.717) is 17.2 Å². The van der Waals surface area contributed by atoms with Crippen molar-refractivity contribution in [1.29, 1.82) is 0 Å². The molecule has 0 spiro atoms. The van der Waals surface area contributed by atoms with E-state index in [1.54, 1.807) is 26.4 Å². The van der Waals surface area contributed by atoms with Crippen LogP contribution in [0.2, 0.25) is 0 Å². The molecule has 25 heavy (non-hydrogen) atoms. The summed E-state index contributed by atoms with van der Waals surface area (Å²) >= 11 is 0. The van der Waals surface area contributed by atoms with E-state index in [4.69, 9.17) is 24.1 Å². The number of carboxylic acids is 1. The van der Waals surface area contributed by atoms with Gasteiger partial charge in [-0.3, -0.25) is 4.79 Å². The van der Waals surface area contributed by atoms with Crippen LogP contribution in [0.4, 0.5) is 0 Å². The quantitative estimate of drug-likeness (QED) is 0.750. The van der Waals surface area contributed by atoms with Crippen molar-refractivity contribution >= 4 is 5.97 Å². The second-order valence-electron chi connectivity index (χ2n) is 5.34. The molecular formula is C19H22O6. The zero-order valence-electron chi connectivity index (χ0n) is 14.5. The molecule has 1 atom stereocenters. The number of hydrogen-bond donors (Lipinski definition) is 1. The molecular weight excluding hydrogens is 324 g/mol. The van der Waals surface area contributed by atoms with Gasteiger partial charge in [-0.15, -0.1) is 0 Å². The summed E-state index contributed by atoms with van der Waals surface area (Å²) in [7, 11) is 4.62. The van der Waals surface area contributed by atoms with Gasteiger partial charge in [-0.25, -0.2) is 0 Å². The SMILES string of the molecule is COc1cc(COC(CC(=O)O)c2ccccc2)cc(OC)c1OC. The van der Waals surface area contributed by atoms with Crippen LogP contribution in [0.5, 0.6) is 17.2 Å². The maximum Gasteiger partial charge on any atom is 0.306 e. The molecule has 2 rings (SSSR count). The highest BCUT2D eigenvalue weighted by Gasteiger charge is 2.18. The smallest absolute Gasteiger partial charge is 0.306 e. The van der Waals surface area contributed by atoms with Crippen LogP contribution in [-0.4, -0.2) is 32.4 Å². The van der Waals surface area contributed by atoms with Crippen LogP contribution in [0.15, 0.2) is 42.5 Å². The van der Waals surface area contributed by atoms with Gasteiger partial charge in [-0.05, 0) is 23.3 Å². The lowest BCUT2D eigenvalue weighted by Crippen LogP contribution is -2.10. The number of methoxy groups -OCH3 is 3. The van der Waals surface area contributed by atoms with E-state index in [0.717, 1.165) is 11.1 Å². The number of benzene rings is 2. The molecule has 1 N–H and O–H groups in total. The summed E-state index contributed by atoms with van der Waals surface area (Å²) in [6.45, 7) is 0.212. The van der Waals surface area contributed by atoms with Crippen molar-refractivity contribution in [3.8, 4) is 17.2 Å². The summed E-state index contributed by atoms with van der Waals surface area (Å²) in [5, 5.41) is 9.14. The van der Waals surface area contributed by atoms with Crippen molar-refractivity contribution in [2.75, 3.05) is 21.3 Å². The van der Waals surface area contributed by atoms with E-state index in [1.165, 1.54) is 7.11 Å². The van der Waals surface area contributed by atoms with E-state index in [2.05, 4.69) is 0 Å². The van der Waals surface area contributed by atoms with Gasteiger partial charge in [0.25, 0.3) is 0 Å². The van der Waals surface area contributed by atoms with E-state index in [1.807, 2.05) is 30.3 Å². The summed E-state index contributed by atoms with van der Waals surface area (Å²) in [5.41, 5.74) is 1.61. The summed E-state index contributed by atoms with van der Waals surface area (Å²) < 4.78 is 21.8. The molecule has 1 unspecified atom stereocenters. The van der Waals surface area contributed by atoms with Gasteiger partial charge in [-0.2, -0.15) is 0 Å². The van der Waals surface area contributed by atoms with Gasteiger partial charge in [-0.1, -0.05) is 30.3 Å². The van der Waals surface area contributed by atoms with Gasteiger partial charge in [0.05, 0.1) is 40.5 Å². The lowest BCUT2D eigenvalue weighted by molar-refractivity contribution is -0.140. The molecule has 2 aromatic rings. The molecule has 0 saturated carbocycles. The lowest BCUT2D eigenvalue weighted by atomic mass is 10.1. The third kappa shape index (κ3) is 4.87. The Balaban J connectivity index is 2.21. The minimum atomic E-state index is -0.918. The molecule has 6 nitrogen and oxygen atoms in total. The maximum atomic E-state index is 11.1. The monoisotopic (exact) mass is 346 g/mol. The van der Waals surface area contributed by atoms with Crippen LogP contribution in [0.3, 0.4) is 0 Å².